The zero-order valence-corrected chi connectivity index (χ0v) is 13.0. The second kappa shape index (κ2) is 8.68. The van der Waals surface area contributed by atoms with E-state index in [1.54, 1.807) is 7.11 Å². The quantitative estimate of drug-likeness (QED) is 0.698. The Morgan fingerprint density at radius 3 is 2.70 bits per heavy atom. The summed E-state index contributed by atoms with van der Waals surface area (Å²) in [4.78, 5) is 26.9. The van der Waals surface area contributed by atoms with Crippen molar-refractivity contribution < 1.29 is 22.7 Å². The van der Waals surface area contributed by atoms with Crippen LogP contribution < -0.4 is 10.9 Å². The van der Waals surface area contributed by atoms with Gasteiger partial charge in [0, 0.05) is 45.6 Å². The van der Waals surface area contributed by atoms with Gasteiger partial charge in [-0.05, 0) is 13.5 Å². The fourth-order valence-corrected chi connectivity index (χ4v) is 1.94. The summed E-state index contributed by atoms with van der Waals surface area (Å²) < 4.78 is 43.5. The number of aromatic amines is 1. The van der Waals surface area contributed by atoms with Crippen LogP contribution in [-0.2, 0) is 10.9 Å². The van der Waals surface area contributed by atoms with E-state index in [2.05, 4.69) is 10.3 Å². The van der Waals surface area contributed by atoms with Gasteiger partial charge in [-0.1, -0.05) is 0 Å². The van der Waals surface area contributed by atoms with Crippen LogP contribution in [0.2, 0.25) is 0 Å². The molecule has 0 fully saturated rings. The van der Waals surface area contributed by atoms with Gasteiger partial charge in [-0.15, -0.1) is 0 Å². The van der Waals surface area contributed by atoms with Gasteiger partial charge < -0.3 is 19.9 Å². The van der Waals surface area contributed by atoms with E-state index in [9.17, 15) is 22.8 Å². The van der Waals surface area contributed by atoms with Crippen molar-refractivity contribution in [2.75, 3.05) is 40.4 Å². The third-order valence-corrected chi connectivity index (χ3v) is 3.14. The minimum atomic E-state index is -4.77. The number of hydrogen-bond donors (Lipinski definition) is 2. The SMILES string of the molecule is COCCCN(C)CCNC(=O)c1c[nH]c(=O)cc1C(F)(F)F. The number of aromatic nitrogens is 1. The maximum Gasteiger partial charge on any atom is 0.417 e. The van der Waals surface area contributed by atoms with E-state index < -0.39 is 28.8 Å². The van der Waals surface area contributed by atoms with Gasteiger partial charge in [0.2, 0.25) is 5.56 Å². The Hall–Kier alpha value is -1.87. The summed E-state index contributed by atoms with van der Waals surface area (Å²) in [6.07, 6.45) is -3.17. The summed E-state index contributed by atoms with van der Waals surface area (Å²) in [5.74, 6) is -0.876. The predicted octanol–water partition coefficient (Wildman–Crippen LogP) is 1.09. The smallest absolute Gasteiger partial charge is 0.385 e. The molecule has 1 heterocycles. The van der Waals surface area contributed by atoms with Crippen molar-refractivity contribution in [2.45, 2.75) is 12.6 Å². The first-order valence-electron chi connectivity index (χ1n) is 7.01. The minimum Gasteiger partial charge on any atom is -0.385 e. The lowest BCUT2D eigenvalue weighted by Crippen LogP contribution is -2.35. The van der Waals surface area contributed by atoms with Crippen LogP contribution in [0.1, 0.15) is 22.3 Å². The van der Waals surface area contributed by atoms with Crippen LogP contribution >= 0.6 is 0 Å². The Labute approximate surface area is 131 Å². The van der Waals surface area contributed by atoms with Crippen LogP contribution in [0.25, 0.3) is 0 Å². The van der Waals surface area contributed by atoms with Gasteiger partial charge in [0.1, 0.15) is 0 Å². The molecule has 0 radical (unpaired) electrons. The predicted molar refractivity (Wildman–Crippen MR) is 78.4 cm³/mol. The lowest BCUT2D eigenvalue weighted by Gasteiger charge is -2.17. The summed E-state index contributed by atoms with van der Waals surface area (Å²) in [7, 11) is 3.44. The lowest BCUT2D eigenvalue weighted by atomic mass is 10.1. The van der Waals surface area contributed by atoms with Gasteiger partial charge in [-0.2, -0.15) is 13.2 Å². The standard InChI is InChI=1S/C14H20F3N3O3/c1-20(5-3-7-23-2)6-4-18-13(22)10-9-19-12(21)8-11(10)14(15,16)17/h8-9H,3-7H2,1-2H3,(H,18,22)(H,19,21). The zero-order chi connectivity index (χ0) is 17.5. The van der Waals surface area contributed by atoms with Gasteiger partial charge in [0.05, 0.1) is 11.1 Å². The summed E-state index contributed by atoms with van der Waals surface area (Å²) in [6, 6.07) is 0.381. The molecular formula is C14H20F3N3O3. The largest absolute Gasteiger partial charge is 0.417 e. The van der Waals surface area contributed by atoms with E-state index >= 15 is 0 Å². The van der Waals surface area contributed by atoms with E-state index in [0.717, 1.165) is 19.2 Å². The molecule has 1 aromatic rings. The molecule has 6 nitrogen and oxygen atoms in total. The third-order valence-electron chi connectivity index (χ3n) is 3.14. The van der Waals surface area contributed by atoms with Crippen molar-refractivity contribution in [1.29, 1.82) is 0 Å². The Balaban J connectivity index is 2.60. The van der Waals surface area contributed by atoms with Crippen LogP contribution in [0.3, 0.4) is 0 Å². The fraction of sp³-hybridized carbons (Fsp3) is 0.571. The first-order chi connectivity index (χ1) is 10.8. The number of nitrogens with zero attached hydrogens (tertiary/aromatic N) is 1. The summed E-state index contributed by atoms with van der Waals surface area (Å²) >= 11 is 0. The van der Waals surface area contributed by atoms with Crippen molar-refractivity contribution in [2.24, 2.45) is 0 Å². The highest BCUT2D eigenvalue weighted by Gasteiger charge is 2.35. The number of rotatable bonds is 8. The van der Waals surface area contributed by atoms with E-state index in [1.165, 1.54) is 0 Å². The number of amides is 1. The number of hydrogen-bond acceptors (Lipinski definition) is 4. The molecule has 1 amide bonds. The number of nitrogens with one attached hydrogen (secondary N) is 2. The average molecular weight is 335 g/mol. The second-order valence-corrected chi connectivity index (χ2v) is 5.03. The normalized spacial score (nSPS) is 11.7. The van der Waals surface area contributed by atoms with Crippen molar-refractivity contribution in [3.05, 3.63) is 33.7 Å². The summed E-state index contributed by atoms with van der Waals surface area (Å²) in [5, 5.41) is 2.42. The van der Waals surface area contributed by atoms with Crippen LogP contribution in [0.15, 0.2) is 17.1 Å². The Kier molecular flexibility index (Phi) is 7.24. The molecule has 0 aliphatic rings. The molecular weight excluding hydrogens is 315 g/mol. The van der Waals surface area contributed by atoms with Crippen LogP contribution in [0.4, 0.5) is 13.2 Å². The molecule has 0 atom stereocenters. The zero-order valence-electron chi connectivity index (χ0n) is 13.0. The fourth-order valence-electron chi connectivity index (χ4n) is 1.94. The topological polar surface area (TPSA) is 74.4 Å². The number of carbonyl (C=O) groups is 1. The highest BCUT2D eigenvalue weighted by Crippen LogP contribution is 2.30. The highest BCUT2D eigenvalue weighted by atomic mass is 19.4. The minimum absolute atomic E-state index is 0.193. The molecule has 1 rings (SSSR count). The first kappa shape index (κ1) is 19.2. The Morgan fingerprint density at radius 2 is 2.09 bits per heavy atom. The van der Waals surface area contributed by atoms with E-state index in [4.69, 9.17) is 4.74 Å². The van der Waals surface area contributed by atoms with Crippen LogP contribution in [0, 0.1) is 0 Å². The molecule has 0 aliphatic carbocycles. The van der Waals surface area contributed by atoms with E-state index in [1.807, 2.05) is 11.9 Å². The maximum atomic E-state index is 12.9. The summed E-state index contributed by atoms with van der Waals surface area (Å²) in [5.41, 5.74) is -2.75. The van der Waals surface area contributed by atoms with Gasteiger partial charge in [0.15, 0.2) is 0 Å². The molecule has 0 unspecified atom stereocenters. The molecule has 0 spiro atoms. The monoisotopic (exact) mass is 335 g/mol. The number of carbonyl (C=O) groups excluding carboxylic acids is 1. The second-order valence-electron chi connectivity index (χ2n) is 5.03. The third kappa shape index (κ3) is 6.41. The number of pyridine rings is 1. The Morgan fingerprint density at radius 1 is 1.39 bits per heavy atom. The van der Waals surface area contributed by atoms with Gasteiger partial charge >= 0.3 is 6.18 Å². The molecule has 23 heavy (non-hydrogen) atoms. The van der Waals surface area contributed by atoms with Crippen LogP contribution in [0.5, 0.6) is 0 Å². The van der Waals surface area contributed by atoms with Gasteiger partial charge in [-0.3, -0.25) is 9.59 Å². The van der Waals surface area contributed by atoms with Gasteiger partial charge in [-0.25, -0.2) is 0 Å². The van der Waals surface area contributed by atoms with Gasteiger partial charge in [0.25, 0.3) is 5.91 Å². The molecule has 0 aromatic carbocycles. The molecule has 130 valence electrons. The highest BCUT2D eigenvalue weighted by molar-refractivity contribution is 5.95. The van der Waals surface area contributed by atoms with E-state index in [-0.39, 0.29) is 6.54 Å². The van der Waals surface area contributed by atoms with Crippen molar-refractivity contribution in [1.82, 2.24) is 15.2 Å². The number of methoxy groups -OCH3 is 1. The number of H-pyrrole nitrogens is 1. The number of likely N-dealkylation sites (N-methyl/N-ethyl adjacent to an activating group) is 1. The molecule has 0 aliphatic heterocycles. The molecule has 1 aromatic heterocycles. The van der Waals surface area contributed by atoms with Crippen molar-refractivity contribution in [3.8, 4) is 0 Å². The molecule has 9 heteroatoms. The van der Waals surface area contributed by atoms with E-state index in [0.29, 0.717) is 19.2 Å². The summed E-state index contributed by atoms with van der Waals surface area (Å²) in [6.45, 7) is 2.04. The number of ether oxygens (including phenoxy) is 1. The average Bonchev–Trinajstić information content (AvgIpc) is 2.46. The van der Waals surface area contributed by atoms with Crippen LogP contribution in [-0.4, -0.2) is 56.2 Å². The molecule has 0 bridgehead atoms. The number of halogens is 3. The Bertz CT molecular complexity index is 572. The van der Waals surface area contributed by atoms with Crippen molar-refractivity contribution in [3.63, 3.8) is 0 Å². The number of alkyl halides is 3. The first-order valence-corrected chi connectivity index (χ1v) is 7.01. The maximum absolute atomic E-state index is 12.9. The molecule has 0 saturated carbocycles. The van der Waals surface area contributed by atoms with Crippen molar-refractivity contribution >= 4 is 5.91 Å². The molecule has 0 saturated heterocycles. The molecule has 2 N–H and O–H groups in total. The lowest BCUT2D eigenvalue weighted by molar-refractivity contribution is -0.138.